The Labute approximate surface area is 89.4 Å². The van der Waals surface area contributed by atoms with Crippen LogP contribution in [0.4, 0.5) is 0 Å². The number of halogens is 3. The standard InChI is InChI=1S/C5HBrCl2N.Li/c6-5-3(7)1-9-2-4(5)8;/h1H;/q-1;+1. The second-order valence-electron chi connectivity index (χ2n) is 1.35. The second kappa shape index (κ2) is 4.64. The van der Waals surface area contributed by atoms with Gasteiger partial charge in [0.15, 0.2) is 0 Å². The van der Waals surface area contributed by atoms with Gasteiger partial charge in [-0.25, -0.2) is 0 Å². The Morgan fingerprint density at radius 3 is 2.50 bits per heavy atom. The predicted octanol–water partition coefficient (Wildman–Crippen LogP) is -0.0449. The fourth-order valence-electron chi connectivity index (χ4n) is 0.356. The number of nitrogens with zero attached hydrogens (tertiary/aromatic N) is 1. The minimum absolute atomic E-state index is 0. The Balaban J connectivity index is 0.000000810. The van der Waals surface area contributed by atoms with E-state index in [2.05, 4.69) is 27.1 Å². The molecule has 1 rings (SSSR count). The van der Waals surface area contributed by atoms with Crippen molar-refractivity contribution in [2.24, 2.45) is 0 Å². The minimum Gasteiger partial charge on any atom is -0.391 e. The van der Waals surface area contributed by atoms with Gasteiger partial charge < -0.3 is 4.98 Å². The summed E-state index contributed by atoms with van der Waals surface area (Å²) in [6, 6.07) is 0. The third-order valence-electron chi connectivity index (χ3n) is 0.743. The summed E-state index contributed by atoms with van der Waals surface area (Å²) in [6.45, 7) is 0. The van der Waals surface area contributed by atoms with Crippen LogP contribution >= 0.6 is 39.1 Å². The van der Waals surface area contributed by atoms with Gasteiger partial charge in [-0.2, -0.15) is 0 Å². The molecule has 0 radical (unpaired) electrons. The van der Waals surface area contributed by atoms with Crippen LogP contribution in [0, 0.1) is 6.20 Å². The normalized spacial score (nSPS) is 8.70. The summed E-state index contributed by atoms with van der Waals surface area (Å²) in [5, 5.41) is 0.904. The van der Waals surface area contributed by atoms with Crippen molar-refractivity contribution < 1.29 is 18.9 Å². The molecule has 0 bridgehead atoms. The van der Waals surface area contributed by atoms with Crippen molar-refractivity contribution in [1.29, 1.82) is 0 Å². The van der Waals surface area contributed by atoms with Gasteiger partial charge in [-0.15, -0.1) is 39.1 Å². The van der Waals surface area contributed by atoms with Gasteiger partial charge in [-0.1, -0.05) is 16.9 Å². The fraction of sp³-hybridized carbons (Fsp3) is 0. The van der Waals surface area contributed by atoms with E-state index in [4.69, 9.17) is 23.2 Å². The molecular weight excluding hydrogens is 232 g/mol. The molecule has 1 aromatic heterocycles. The van der Waals surface area contributed by atoms with Gasteiger partial charge in [0.1, 0.15) is 0 Å². The average molecular weight is 233 g/mol. The summed E-state index contributed by atoms with van der Waals surface area (Å²) in [5.41, 5.74) is 0. The smallest absolute Gasteiger partial charge is 0.391 e. The maximum Gasteiger partial charge on any atom is 1.00 e. The van der Waals surface area contributed by atoms with E-state index < -0.39 is 0 Å². The van der Waals surface area contributed by atoms with E-state index in [1.807, 2.05) is 0 Å². The Morgan fingerprint density at radius 1 is 1.50 bits per heavy atom. The third kappa shape index (κ3) is 2.45. The molecule has 0 fully saturated rings. The van der Waals surface area contributed by atoms with E-state index in [-0.39, 0.29) is 18.9 Å². The first kappa shape index (κ1) is 10.8. The molecule has 0 atom stereocenters. The van der Waals surface area contributed by atoms with Crippen molar-refractivity contribution in [3.8, 4) is 0 Å². The van der Waals surface area contributed by atoms with Crippen molar-refractivity contribution in [1.82, 2.24) is 4.98 Å². The van der Waals surface area contributed by atoms with Crippen LogP contribution in [0.2, 0.25) is 10.0 Å². The van der Waals surface area contributed by atoms with Crippen LogP contribution in [-0.2, 0) is 0 Å². The van der Waals surface area contributed by atoms with Crippen LogP contribution < -0.4 is 18.9 Å². The van der Waals surface area contributed by atoms with Gasteiger partial charge >= 0.3 is 18.9 Å². The molecule has 0 N–H and O–H groups in total. The second-order valence-corrected chi connectivity index (χ2v) is 2.92. The molecule has 0 spiro atoms. The summed E-state index contributed by atoms with van der Waals surface area (Å²) in [4.78, 5) is 3.63. The molecule has 0 amide bonds. The van der Waals surface area contributed by atoms with Crippen molar-refractivity contribution in [3.05, 3.63) is 26.9 Å². The van der Waals surface area contributed by atoms with Crippen molar-refractivity contribution in [2.45, 2.75) is 0 Å². The molecule has 0 aliphatic carbocycles. The zero-order valence-electron chi connectivity index (χ0n) is 5.16. The van der Waals surface area contributed by atoms with E-state index in [1.54, 1.807) is 0 Å². The molecule has 10 heavy (non-hydrogen) atoms. The van der Waals surface area contributed by atoms with Crippen LogP contribution in [0.1, 0.15) is 0 Å². The largest absolute Gasteiger partial charge is 1.00 e. The third-order valence-corrected chi connectivity index (χ3v) is 2.58. The molecule has 0 aliphatic heterocycles. The molecular formula is C5HBrCl2LiN. The minimum atomic E-state index is 0. The average Bonchev–Trinajstić information content (AvgIpc) is 1.83. The molecule has 0 aromatic carbocycles. The molecule has 1 heterocycles. The zero-order valence-corrected chi connectivity index (χ0v) is 8.26. The molecule has 0 unspecified atom stereocenters. The topological polar surface area (TPSA) is 12.9 Å². The quantitative estimate of drug-likeness (QED) is 0.452. The van der Waals surface area contributed by atoms with Gasteiger partial charge in [0.2, 0.25) is 0 Å². The number of rotatable bonds is 0. The fourth-order valence-corrected chi connectivity index (χ4v) is 0.889. The molecule has 1 aromatic rings. The first-order valence-electron chi connectivity index (χ1n) is 2.09. The first-order chi connectivity index (χ1) is 4.22. The van der Waals surface area contributed by atoms with Crippen LogP contribution in [0.5, 0.6) is 0 Å². The van der Waals surface area contributed by atoms with Crippen molar-refractivity contribution >= 4 is 39.1 Å². The van der Waals surface area contributed by atoms with E-state index in [9.17, 15) is 0 Å². The van der Waals surface area contributed by atoms with Gasteiger partial charge in [0.25, 0.3) is 0 Å². The zero-order chi connectivity index (χ0) is 6.85. The monoisotopic (exact) mass is 231 g/mol. The maximum absolute atomic E-state index is 5.60. The summed E-state index contributed by atoms with van der Waals surface area (Å²) in [7, 11) is 0. The van der Waals surface area contributed by atoms with Crippen LogP contribution in [0.3, 0.4) is 0 Å². The number of pyridine rings is 1. The molecule has 0 saturated heterocycles. The predicted molar refractivity (Wildman–Crippen MR) is 40.8 cm³/mol. The van der Waals surface area contributed by atoms with E-state index in [0.29, 0.717) is 14.5 Å². The Hall–Kier alpha value is 0.807. The Bertz CT molecular complexity index is 211. The number of hydrogen-bond acceptors (Lipinski definition) is 1. The molecule has 0 aliphatic rings. The van der Waals surface area contributed by atoms with Crippen LogP contribution in [0.15, 0.2) is 10.7 Å². The summed E-state index contributed by atoms with van der Waals surface area (Å²) >= 11 is 14.3. The summed E-state index contributed by atoms with van der Waals surface area (Å²) in [5.74, 6) is 0. The number of hydrogen-bond donors (Lipinski definition) is 0. The molecule has 48 valence electrons. The van der Waals surface area contributed by atoms with Crippen molar-refractivity contribution in [3.63, 3.8) is 0 Å². The molecule has 5 heteroatoms. The summed E-state index contributed by atoms with van der Waals surface area (Å²) < 4.78 is 0.640. The van der Waals surface area contributed by atoms with Gasteiger partial charge in [0.05, 0.1) is 0 Å². The maximum atomic E-state index is 5.60. The van der Waals surface area contributed by atoms with E-state index in [0.717, 1.165) is 0 Å². The first-order valence-corrected chi connectivity index (χ1v) is 3.64. The van der Waals surface area contributed by atoms with Crippen LogP contribution in [0.25, 0.3) is 0 Å². The van der Waals surface area contributed by atoms with E-state index >= 15 is 0 Å². The van der Waals surface area contributed by atoms with E-state index in [1.165, 1.54) is 6.20 Å². The SMILES string of the molecule is Clc1[c-]ncc(Cl)c1Br.[Li+]. The Kier molecular flexibility index (Phi) is 5.01. The van der Waals surface area contributed by atoms with Gasteiger partial charge in [-0.05, 0) is 10.0 Å². The van der Waals surface area contributed by atoms with Gasteiger partial charge in [0, 0.05) is 0 Å². The number of aromatic nitrogens is 1. The van der Waals surface area contributed by atoms with Crippen molar-refractivity contribution in [2.75, 3.05) is 0 Å². The van der Waals surface area contributed by atoms with Gasteiger partial charge in [-0.3, -0.25) is 0 Å². The Morgan fingerprint density at radius 2 is 2.10 bits per heavy atom. The molecule has 0 saturated carbocycles. The summed E-state index contributed by atoms with van der Waals surface area (Å²) in [6.07, 6.45) is 3.99. The molecule has 1 nitrogen and oxygen atoms in total. The van der Waals surface area contributed by atoms with Crippen LogP contribution in [-0.4, -0.2) is 4.98 Å².